The number of carboxylic acid groups (broad SMARTS) is 1. The molecule has 0 spiro atoms. The molecule has 0 aliphatic heterocycles. The largest absolute Gasteiger partial charge is 0.479 e. The maximum absolute atomic E-state index is 10.6. The first-order valence-electron chi connectivity index (χ1n) is 4.93. The van der Waals surface area contributed by atoms with Gasteiger partial charge < -0.3 is 10.2 Å². The van der Waals surface area contributed by atoms with Crippen LogP contribution in [-0.4, -0.2) is 22.3 Å². The van der Waals surface area contributed by atoms with Crippen molar-refractivity contribution < 1.29 is 15.0 Å². The van der Waals surface area contributed by atoms with E-state index in [1.165, 1.54) is 0 Å². The zero-order valence-corrected chi connectivity index (χ0v) is 8.23. The van der Waals surface area contributed by atoms with Crippen molar-refractivity contribution in [3.8, 4) is 0 Å². The molecule has 4 unspecified atom stereocenters. The van der Waals surface area contributed by atoms with Gasteiger partial charge in [-0.05, 0) is 24.2 Å². The van der Waals surface area contributed by atoms with Gasteiger partial charge in [0.05, 0.1) is 0 Å². The minimum absolute atomic E-state index is 0.0544. The molecule has 76 valence electrons. The standard InChI is InChI=1S/C10H18O3/c1-6-3-4-7(2)8(5-6)9(11)10(12)13/h6-9,11H,3-5H2,1-2H3,(H,12,13). The van der Waals surface area contributed by atoms with Crippen LogP contribution in [0.4, 0.5) is 0 Å². The highest BCUT2D eigenvalue weighted by Crippen LogP contribution is 2.35. The van der Waals surface area contributed by atoms with E-state index >= 15 is 0 Å². The molecule has 1 saturated carbocycles. The molecular weight excluding hydrogens is 168 g/mol. The van der Waals surface area contributed by atoms with Crippen LogP contribution < -0.4 is 0 Å². The molecule has 0 aromatic rings. The number of rotatable bonds is 2. The molecule has 2 N–H and O–H groups in total. The van der Waals surface area contributed by atoms with Gasteiger partial charge in [-0.15, -0.1) is 0 Å². The zero-order chi connectivity index (χ0) is 10.0. The van der Waals surface area contributed by atoms with Gasteiger partial charge in [0, 0.05) is 0 Å². The van der Waals surface area contributed by atoms with E-state index in [1.807, 2.05) is 6.92 Å². The van der Waals surface area contributed by atoms with Crippen molar-refractivity contribution in [2.24, 2.45) is 17.8 Å². The topological polar surface area (TPSA) is 57.5 Å². The third kappa shape index (κ3) is 2.44. The Kier molecular flexibility index (Phi) is 3.31. The monoisotopic (exact) mass is 186 g/mol. The number of carbonyl (C=O) groups is 1. The van der Waals surface area contributed by atoms with Crippen molar-refractivity contribution in [2.45, 2.75) is 39.2 Å². The van der Waals surface area contributed by atoms with Crippen LogP contribution in [0, 0.1) is 17.8 Å². The van der Waals surface area contributed by atoms with Gasteiger partial charge in [-0.3, -0.25) is 0 Å². The van der Waals surface area contributed by atoms with Crippen LogP contribution in [0.3, 0.4) is 0 Å². The second-order valence-corrected chi connectivity index (χ2v) is 4.34. The fraction of sp³-hybridized carbons (Fsp3) is 0.900. The highest BCUT2D eigenvalue weighted by atomic mass is 16.4. The van der Waals surface area contributed by atoms with Crippen LogP contribution in [-0.2, 0) is 4.79 Å². The third-order valence-electron chi connectivity index (χ3n) is 3.18. The Morgan fingerprint density at radius 2 is 2.00 bits per heavy atom. The summed E-state index contributed by atoms with van der Waals surface area (Å²) in [6.45, 7) is 4.15. The maximum atomic E-state index is 10.6. The number of carboxylic acids is 1. The Morgan fingerprint density at radius 1 is 1.38 bits per heavy atom. The molecule has 3 nitrogen and oxygen atoms in total. The quantitative estimate of drug-likeness (QED) is 0.687. The second-order valence-electron chi connectivity index (χ2n) is 4.34. The van der Waals surface area contributed by atoms with Crippen LogP contribution in [0.1, 0.15) is 33.1 Å². The highest BCUT2D eigenvalue weighted by molar-refractivity contribution is 5.72. The fourth-order valence-electron chi connectivity index (χ4n) is 2.20. The first-order valence-corrected chi connectivity index (χ1v) is 4.93. The van der Waals surface area contributed by atoms with Gasteiger partial charge >= 0.3 is 5.97 Å². The molecule has 4 atom stereocenters. The van der Waals surface area contributed by atoms with E-state index in [4.69, 9.17) is 5.11 Å². The van der Waals surface area contributed by atoms with Crippen molar-refractivity contribution in [1.82, 2.24) is 0 Å². The van der Waals surface area contributed by atoms with Crippen LogP contribution in [0.5, 0.6) is 0 Å². The average Bonchev–Trinajstić information content (AvgIpc) is 2.08. The zero-order valence-electron chi connectivity index (χ0n) is 8.23. The Morgan fingerprint density at radius 3 is 2.54 bits per heavy atom. The minimum Gasteiger partial charge on any atom is -0.479 e. The predicted octanol–water partition coefficient (Wildman–Crippen LogP) is 1.50. The van der Waals surface area contributed by atoms with E-state index in [9.17, 15) is 9.90 Å². The lowest BCUT2D eigenvalue weighted by Gasteiger charge is -2.34. The lowest BCUT2D eigenvalue weighted by molar-refractivity contribution is -0.152. The van der Waals surface area contributed by atoms with Crippen molar-refractivity contribution in [3.05, 3.63) is 0 Å². The lowest BCUT2D eigenvalue weighted by atomic mass is 9.73. The van der Waals surface area contributed by atoms with Crippen LogP contribution in [0.15, 0.2) is 0 Å². The Bertz CT molecular complexity index is 191. The summed E-state index contributed by atoms with van der Waals surface area (Å²) in [5, 5.41) is 18.1. The van der Waals surface area contributed by atoms with E-state index in [0.29, 0.717) is 11.8 Å². The minimum atomic E-state index is -1.17. The van der Waals surface area contributed by atoms with E-state index in [0.717, 1.165) is 19.3 Å². The van der Waals surface area contributed by atoms with Crippen LogP contribution in [0.25, 0.3) is 0 Å². The summed E-state index contributed by atoms with van der Waals surface area (Å²) in [4.78, 5) is 10.6. The summed E-state index contributed by atoms with van der Waals surface area (Å²) in [7, 11) is 0. The molecule has 0 heterocycles. The first kappa shape index (κ1) is 10.5. The summed E-state index contributed by atoms with van der Waals surface area (Å²) < 4.78 is 0. The summed E-state index contributed by atoms with van der Waals surface area (Å²) in [6.07, 6.45) is 1.87. The molecule has 1 aliphatic carbocycles. The predicted molar refractivity (Wildman–Crippen MR) is 49.3 cm³/mol. The summed E-state index contributed by atoms with van der Waals surface area (Å²) in [5.74, 6) is -0.246. The fourth-order valence-corrected chi connectivity index (χ4v) is 2.20. The molecule has 13 heavy (non-hydrogen) atoms. The third-order valence-corrected chi connectivity index (χ3v) is 3.18. The van der Waals surface area contributed by atoms with Gasteiger partial charge in [0.25, 0.3) is 0 Å². The molecule has 0 radical (unpaired) electrons. The molecule has 3 heteroatoms. The SMILES string of the molecule is CC1CCC(C)C(C(O)C(=O)O)C1. The molecular formula is C10H18O3. The van der Waals surface area contributed by atoms with Gasteiger partial charge in [0.2, 0.25) is 0 Å². The van der Waals surface area contributed by atoms with Crippen LogP contribution in [0.2, 0.25) is 0 Å². The molecule has 1 rings (SSSR count). The highest BCUT2D eigenvalue weighted by Gasteiger charge is 2.34. The summed E-state index contributed by atoms with van der Waals surface area (Å²) in [6, 6.07) is 0. The number of aliphatic carboxylic acids is 1. The molecule has 1 aliphatic rings. The van der Waals surface area contributed by atoms with Crippen LogP contribution >= 0.6 is 0 Å². The molecule has 0 saturated heterocycles. The van der Waals surface area contributed by atoms with E-state index in [2.05, 4.69) is 6.92 Å². The molecule has 0 bridgehead atoms. The van der Waals surface area contributed by atoms with E-state index < -0.39 is 12.1 Å². The normalized spacial score (nSPS) is 37.0. The molecule has 1 fully saturated rings. The molecule has 0 aromatic heterocycles. The summed E-state index contributed by atoms with van der Waals surface area (Å²) >= 11 is 0. The van der Waals surface area contributed by atoms with Gasteiger partial charge in [0.1, 0.15) is 0 Å². The average molecular weight is 186 g/mol. The van der Waals surface area contributed by atoms with E-state index in [1.54, 1.807) is 0 Å². The van der Waals surface area contributed by atoms with Gasteiger partial charge in [-0.2, -0.15) is 0 Å². The van der Waals surface area contributed by atoms with Gasteiger partial charge in [-0.1, -0.05) is 26.7 Å². The lowest BCUT2D eigenvalue weighted by Crippen LogP contribution is -2.37. The van der Waals surface area contributed by atoms with E-state index in [-0.39, 0.29) is 5.92 Å². The van der Waals surface area contributed by atoms with Crippen molar-refractivity contribution >= 4 is 5.97 Å². The second kappa shape index (κ2) is 4.09. The smallest absolute Gasteiger partial charge is 0.332 e. The van der Waals surface area contributed by atoms with Crippen molar-refractivity contribution in [2.75, 3.05) is 0 Å². The maximum Gasteiger partial charge on any atom is 0.332 e. The Hall–Kier alpha value is -0.570. The van der Waals surface area contributed by atoms with Crippen molar-refractivity contribution in [1.29, 1.82) is 0 Å². The Labute approximate surface area is 78.8 Å². The first-order chi connectivity index (χ1) is 6.02. The Balaban J connectivity index is 2.60. The number of hydrogen-bond acceptors (Lipinski definition) is 2. The summed E-state index contributed by atoms with van der Waals surface area (Å²) in [5.41, 5.74) is 0. The number of hydrogen-bond donors (Lipinski definition) is 2. The van der Waals surface area contributed by atoms with Gasteiger partial charge in [0.15, 0.2) is 6.10 Å². The van der Waals surface area contributed by atoms with Gasteiger partial charge in [-0.25, -0.2) is 4.79 Å². The number of aliphatic hydroxyl groups excluding tert-OH is 1. The van der Waals surface area contributed by atoms with Crippen molar-refractivity contribution in [3.63, 3.8) is 0 Å². The number of aliphatic hydroxyl groups is 1. The molecule has 0 aromatic carbocycles. The molecule has 0 amide bonds.